The molecule has 1 fully saturated rings. The molecule has 0 atom stereocenters. The fourth-order valence-corrected chi connectivity index (χ4v) is 2.03. The molecule has 0 saturated heterocycles. The minimum atomic E-state index is -0.533. The zero-order valence-corrected chi connectivity index (χ0v) is 10.5. The van der Waals surface area contributed by atoms with Crippen LogP contribution in [0.2, 0.25) is 0 Å². The quantitative estimate of drug-likeness (QED) is 0.360. The summed E-state index contributed by atoms with van der Waals surface area (Å²) in [5, 5.41) is 11.4. The van der Waals surface area contributed by atoms with Crippen LogP contribution in [0.5, 0.6) is 0 Å². The molecule has 0 amide bonds. The molecule has 6 heteroatoms. The van der Waals surface area contributed by atoms with Crippen LogP contribution in [-0.4, -0.2) is 28.5 Å². The number of benzene rings is 1. The van der Waals surface area contributed by atoms with Gasteiger partial charge in [-0.15, -0.1) is 0 Å². The number of oxime groups is 1. The van der Waals surface area contributed by atoms with E-state index in [1.165, 1.54) is 18.2 Å². The Labute approximate surface area is 110 Å². The van der Waals surface area contributed by atoms with E-state index >= 15 is 0 Å². The Morgan fingerprint density at radius 1 is 1.37 bits per heavy atom. The monoisotopic (exact) mass is 269 g/mol. The van der Waals surface area contributed by atoms with Gasteiger partial charge in [0.15, 0.2) is 0 Å². The molecule has 2 rings (SSSR count). The first-order valence-electron chi connectivity index (χ1n) is 6.25. The molecule has 1 aromatic carbocycles. The zero-order valence-electron chi connectivity index (χ0n) is 10.5. The maximum atomic E-state index is 13.6. The van der Waals surface area contributed by atoms with E-state index in [1.807, 2.05) is 4.90 Å². The Balaban J connectivity index is 2.04. The Hall–Kier alpha value is -1.69. The van der Waals surface area contributed by atoms with Gasteiger partial charge in [-0.05, 0) is 25.0 Å². The van der Waals surface area contributed by atoms with Crippen LogP contribution in [0, 0.1) is 11.6 Å². The van der Waals surface area contributed by atoms with Crippen molar-refractivity contribution in [2.75, 3.05) is 6.54 Å². The van der Waals surface area contributed by atoms with Crippen molar-refractivity contribution in [1.82, 2.24) is 4.90 Å². The van der Waals surface area contributed by atoms with Gasteiger partial charge >= 0.3 is 0 Å². The lowest BCUT2D eigenvalue weighted by atomic mass is 10.1. The molecule has 1 saturated carbocycles. The first-order valence-corrected chi connectivity index (χ1v) is 6.25. The molecule has 0 radical (unpaired) electrons. The third-order valence-electron chi connectivity index (χ3n) is 3.27. The molecule has 1 aliphatic rings. The molecule has 3 N–H and O–H groups in total. The van der Waals surface area contributed by atoms with Crippen LogP contribution >= 0.6 is 0 Å². The summed E-state index contributed by atoms with van der Waals surface area (Å²) >= 11 is 0. The summed E-state index contributed by atoms with van der Waals surface area (Å²) < 4.78 is 27.2. The third kappa shape index (κ3) is 3.64. The molecule has 4 nitrogen and oxygen atoms in total. The molecule has 0 heterocycles. The van der Waals surface area contributed by atoms with E-state index in [2.05, 4.69) is 5.16 Å². The average molecular weight is 269 g/mol. The lowest BCUT2D eigenvalue weighted by molar-refractivity contribution is 0.252. The molecule has 0 aliphatic heterocycles. The van der Waals surface area contributed by atoms with Crippen LogP contribution in [0.1, 0.15) is 24.8 Å². The Morgan fingerprint density at radius 2 is 2.00 bits per heavy atom. The highest BCUT2D eigenvalue weighted by atomic mass is 19.1. The van der Waals surface area contributed by atoms with Crippen molar-refractivity contribution >= 4 is 5.84 Å². The van der Waals surface area contributed by atoms with Crippen LogP contribution < -0.4 is 5.73 Å². The summed E-state index contributed by atoms with van der Waals surface area (Å²) in [6.07, 6.45) is 2.42. The molecule has 0 unspecified atom stereocenters. The van der Waals surface area contributed by atoms with Gasteiger partial charge in [0, 0.05) is 31.1 Å². The number of nitrogens with zero attached hydrogens (tertiary/aromatic N) is 2. The summed E-state index contributed by atoms with van der Waals surface area (Å²) in [6.45, 7) is 0.732. The number of nitrogens with two attached hydrogens (primary N) is 1. The van der Waals surface area contributed by atoms with Gasteiger partial charge in [-0.25, -0.2) is 8.78 Å². The second kappa shape index (κ2) is 5.97. The lowest BCUT2D eigenvalue weighted by Gasteiger charge is -2.22. The standard InChI is InChI=1S/C13H17F2N3O/c14-11-2-1-3-12(15)10(11)8-18(9-4-5-9)7-6-13(16)17-19/h1-3,9,19H,4-8H2,(H2,16,17). The summed E-state index contributed by atoms with van der Waals surface area (Å²) in [6, 6.07) is 4.21. The molecule has 0 aromatic heterocycles. The van der Waals surface area contributed by atoms with Crippen molar-refractivity contribution in [2.24, 2.45) is 10.9 Å². The van der Waals surface area contributed by atoms with Crippen molar-refractivity contribution in [3.63, 3.8) is 0 Å². The third-order valence-corrected chi connectivity index (χ3v) is 3.27. The van der Waals surface area contributed by atoms with E-state index in [1.54, 1.807) is 0 Å². The van der Waals surface area contributed by atoms with Crippen LogP contribution in [0.3, 0.4) is 0 Å². The molecular formula is C13H17F2N3O. The van der Waals surface area contributed by atoms with E-state index < -0.39 is 11.6 Å². The normalized spacial score (nSPS) is 16.1. The molecule has 0 spiro atoms. The molecule has 19 heavy (non-hydrogen) atoms. The van der Waals surface area contributed by atoms with Crippen LogP contribution in [0.25, 0.3) is 0 Å². The van der Waals surface area contributed by atoms with Crippen LogP contribution in [0.4, 0.5) is 8.78 Å². The average Bonchev–Trinajstić information content (AvgIpc) is 3.21. The predicted molar refractivity (Wildman–Crippen MR) is 67.8 cm³/mol. The summed E-state index contributed by atoms with van der Waals surface area (Å²) in [5.41, 5.74) is 5.50. The van der Waals surface area contributed by atoms with Gasteiger partial charge in [-0.3, -0.25) is 4.90 Å². The minimum Gasteiger partial charge on any atom is -0.409 e. The fraction of sp³-hybridized carbons (Fsp3) is 0.462. The molecule has 104 valence electrons. The second-order valence-corrected chi connectivity index (χ2v) is 4.74. The lowest BCUT2D eigenvalue weighted by Crippen LogP contribution is -2.30. The smallest absolute Gasteiger partial charge is 0.140 e. The van der Waals surface area contributed by atoms with Gasteiger partial charge in [0.2, 0.25) is 0 Å². The SMILES string of the molecule is N/C(CCN(Cc1c(F)cccc1F)C1CC1)=N/O. The van der Waals surface area contributed by atoms with Gasteiger partial charge in [0.25, 0.3) is 0 Å². The van der Waals surface area contributed by atoms with Crippen molar-refractivity contribution in [1.29, 1.82) is 0 Å². The highest BCUT2D eigenvalue weighted by molar-refractivity contribution is 5.79. The first kappa shape index (κ1) is 13.7. The summed E-state index contributed by atoms with van der Waals surface area (Å²) in [7, 11) is 0. The number of rotatable bonds is 6. The molecular weight excluding hydrogens is 252 g/mol. The highest BCUT2D eigenvalue weighted by Gasteiger charge is 2.30. The highest BCUT2D eigenvalue weighted by Crippen LogP contribution is 2.29. The Morgan fingerprint density at radius 3 is 2.53 bits per heavy atom. The Bertz CT molecular complexity index is 455. The predicted octanol–water partition coefficient (Wildman–Crippen LogP) is 2.07. The maximum absolute atomic E-state index is 13.6. The number of hydrogen-bond donors (Lipinski definition) is 2. The fourth-order valence-electron chi connectivity index (χ4n) is 2.03. The minimum absolute atomic E-state index is 0.0777. The van der Waals surface area contributed by atoms with Gasteiger partial charge in [-0.2, -0.15) is 0 Å². The first-order chi connectivity index (χ1) is 9.11. The summed E-state index contributed by atoms with van der Waals surface area (Å²) in [4.78, 5) is 1.97. The van der Waals surface area contributed by atoms with Crippen LogP contribution in [-0.2, 0) is 6.54 Å². The van der Waals surface area contributed by atoms with Crippen LogP contribution in [0.15, 0.2) is 23.4 Å². The van der Waals surface area contributed by atoms with Gasteiger partial charge in [0.05, 0.1) is 0 Å². The van der Waals surface area contributed by atoms with Crippen molar-refractivity contribution in [2.45, 2.75) is 31.8 Å². The molecule has 1 aromatic rings. The van der Waals surface area contributed by atoms with Crippen molar-refractivity contribution < 1.29 is 14.0 Å². The van der Waals surface area contributed by atoms with E-state index in [9.17, 15) is 8.78 Å². The molecule has 1 aliphatic carbocycles. The maximum Gasteiger partial charge on any atom is 0.140 e. The number of amidine groups is 1. The number of halogens is 2. The summed E-state index contributed by atoms with van der Waals surface area (Å²) in [5.74, 6) is -0.941. The Kier molecular flexibility index (Phi) is 4.31. The second-order valence-electron chi connectivity index (χ2n) is 4.74. The topological polar surface area (TPSA) is 61.8 Å². The van der Waals surface area contributed by atoms with Gasteiger partial charge in [0.1, 0.15) is 17.5 Å². The van der Waals surface area contributed by atoms with E-state index in [0.717, 1.165) is 12.8 Å². The van der Waals surface area contributed by atoms with Gasteiger partial charge < -0.3 is 10.9 Å². The van der Waals surface area contributed by atoms with E-state index in [0.29, 0.717) is 19.0 Å². The van der Waals surface area contributed by atoms with E-state index in [-0.39, 0.29) is 17.9 Å². The van der Waals surface area contributed by atoms with Crippen molar-refractivity contribution in [3.8, 4) is 0 Å². The number of hydrogen-bond acceptors (Lipinski definition) is 3. The zero-order chi connectivity index (χ0) is 13.8. The molecule has 0 bridgehead atoms. The van der Waals surface area contributed by atoms with Crippen molar-refractivity contribution in [3.05, 3.63) is 35.4 Å². The van der Waals surface area contributed by atoms with Gasteiger partial charge in [-0.1, -0.05) is 11.2 Å². The largest absolute Gasteiger partial charge is 0.409 e. The van der Waals surface area contributed by atoms with E-state index in [4.69, 9.17) is 10.9 Å².